The first kappa shape index (κ1) is 14.1. The van der Waals surface area contributed by atoms with E-state index >= 15 is 0 Å². The minimum absolute atomic E-state index is 0.0857. The number of amides is 1. The third kappa shape index (κ3) is 3.25. The van der Waals surface area contributed by atoms with Crippen molar-refractivity contribution in [3.63, 3.8) is 0 Å². The van der Waals surface area contributed by atoms with Crippen LogP contribution >= 0.6 is 23.1 Å². The predicted molar refractivity (Wildman–Crippen MR) is 91.0 cm³/mol. The molecule has 1 saturated heterocycles. The second kappa shape index (κ2) is 5.87. The Morgan fingerprint density at radius 3 is 2.86 bits per heavy atom. The molecule has 3 rings (SSSR count). The fourth-order valence-corrected chi connectivity index (χ4v) is 3.49. The fourth-order valence-electron chi connectivity index (χ4n) is 1.93. The summed E-state index contributed by atoms with van der Waals surface area (Å²) in [5, 5.41) is 5.45. The van der Waals surface area contributed by atoms with Crippen LogP contribution in [-0.2, 0) is 4.79 Å². The van der Waals surface area contributed by atoms with Crippen molar-refractivity contribution in [3.8, 4) is 0 Å². The summed E-state index contributed by atoms with van der Waals surface area (Å²) in [6.45, 7) is 4.05. The minimum Gasteiger partial charge on any atom is -0.300 e. The van der Waals surface area contributed by atoms with Gasteiger partial charge in [0.25, 0.3) is 5.91 Å². The lowest BCUT2D eigenvalue weighted by molar-refractivity contribution is -0.115. The molecule has 3 nitrogen and oxygen atoms in total. The van der Waals surface area contributed by atoms with Gasteiger partial charge < -0.3 is 5.32 Å². The molecule has 1 aliphatic rings. The van der Waals surface area contributed by atoms with E-state index in [1.54, 1.807) is 11.3 Å². The van der Waals surface area contributed by atoms with Gasteiger partial charge in [0.1, 0.15) is 0 Å². The number of nitrogens with one attached hydrogen (secondary N) is 1. The Hall–Kier alpha value is -1.85. The standard InChI is InChI=1S/C16H14N2OS2/c1-10-5-6-11(2)13(8-10)17-16-18-15(19)14(21-16)9-12-4-3-7-20-12/h3-9H,1-2H3,(H,17,18,19)/b14-9+. The molecule has 0 atom stereocenters. The van der Waals surface area contributed by atoms with Crippen LogP contribution in [0.15, 0.2) is 45.6 Å². The number of thiophene rings is 1. The quantitative estimate of drug-likeness (QED) is 0.842. The van der Waals surface area contributed by atoms with E-state index in [2.05, 4.69) is 16.4 Å². The third-order valence-electron chi connectivity index (χ3n) is 3.05. The van der Waals surface area contributed by atoms with E-state index in [1.165, 1.54) is 11.8 Å². The van der Waals surface area contributed by atoms with E-state index in [0.717, 1.165) is 21.7 Å². The van der Waals surface area contributed by atoms with E-state index in [9.17, 15) is 4.79 Å². The van der Waals surface area contributed by atoms with Gasteiger partial charge in [-0.25, -0.2) is 4.99 Å². The van der Waals surface area contributed by atoms with Crippen molar-refractivity contribution < 1.29 is 4.79 Å². The molecule has 21 heavy (non-hydrogen) atoms. The van der Waals surface area contributed by atoms with Crippen molar-refractivity contribution in [1.29, 1.82) is 0 Å². The van der Waals surface area contributed by atoms with Crippen LogP contribution < -0.4 is 5.32 Å². The van der Waals surface area contributed by atoms with Crippen molar-refractivity contribution in [2.45, 2.75) is 13.8 Å². The highest BCUT2D eigenvalue weighted by Gasteiger charge is 2.24. The molecule has 0 radical (unpaired) electrons. The molecule has 1 N–H and O–H groups in total. The molecular weight excluding hydrogens is 300 g/mol. The van der Waals surface area contributed by atoms with Crippen LogP contribution in [0.25, 0.3) is 6.08 Å². The maximum atomic E-state index is 12.0. The Morgan fingerprint density at radius 2 is 2.10 bits per heavy atom. The molecule has 2 aromatic rings. The number of hydrogen-bond donors (Lipinski definition) is 1. The number of benzene rings is 1. The Labute approximate surface area is 131 Å². The highest BCUT2D eigenvalue weighted by atomic mass is 32.2. The van der Waals surface area contributed by atoms with Crippen LogP contribution in [0.5, 0.6) is 0 Å². The topological polar surface area (TPSA) is 41.5 Å². The van der Waals surface area contributed by atoms with Gasteiger partial charge in [-0.15, -0.1) is 11.3 Å². The fraction of sp³-hybridized carbons (Fsp3) is 0.125. The first-order chi connectivity index (χ1) is 10.1. The Morgan fingerprint density at radius 1 is 1.24 bits per heavy atom. The average molecular weight is 314 g/mol. The molecule has 0 saturated carbocycles. The molecule has 106 valence electrons. The number of hydrogen-bond acceptors (Lipinski definition) is 4. The summed E-state index contributed by atoms with van der Waals surface area (Å²) < 4.78 is 0. The van der Waals surface area contributed by atoms with Gasteiger partial charge in [0.15, 0.2) is 5.17 Å². The maximum Gasteiger partial charge on any atom is 0.264 e. The SMILES string of the molecule is Cc1ccc(C)c(N=C2NC(=O)/C(=C\c3cccs3)S2)c1. The first-order valence-corrected chi connectivity index (χ1v) is 8.22. The van der Waals surface area contributed by atoms with Gasteiger partial charge >= 0.3 is 0 Å². The molecular formula is C16H14N2OS2. The Kier molecular flexibility index (Phi) is 3.94. The lowest BCUT2D eigenvalue weighted by atomic mass is 10.1. The number of thioether (sulfide) groups is 1. The zero-order chi connectivity index (χ0) is 14.8. The van der Waals surface area contributed by atoms with E-state index < -0.39 is 0 Å². The second-order valence-electron chi connectivity index (χ2n) is 4.79. The highest BCUT2D eigenvalue weighted by molar-refractivity contribution is 8.18. The monoisotopic (exact) mass is 314 g/mol. The van der Waals surface area contributed by atoms with Crippen molar-refractivity contribution in [1.82, 2.24) is 5.32 Å². The molecule has 1 fully saturated rings. The first-order valence-electron chi connectivity index (χ1n) is 6.52. The molecule has 0 spiro atoms. The smallest absolute Gasteiger partial charge is 0.264 e. The van der Waals surface area contributed by atoms with Gasteiger partial charge in [0.2, 0.25) is 0 Å². The van der Waals surface area contributed by atoms with Gasteiger partial charge in [-0.05, 0) is 60.3 Å². The number of aliphatic imine (C=N–C) groups is 1. The van der Waals surface area contributed by atoms with Crippen molar-refractivity contribution in [3.05, 3.63) is 56.6 Å². The molecule has 0 unspecified atom stereocenters. The third-order valence-corrected chi connectivity index (χ3v) is 4.78. The summed E-state index contributed by atoms with van der Waals surface area (Å²) in [4.78, 5) is 18.3. The van der Waals surface area contributed by atoms with Crippen LogP contribution in [0.1, 0.15) is 16.0 Å². The zero-order valence-corrected chi connectivity index (χ0v) is 13.3. The lowest BCUT2D eigenvalue weighted by Crippen LogP contribution is -2.19. The van der Waals surface area contributed by atoms with Crippen LogP contribution in [-0.4, -0.2) is 11.1 Å². The summed E-state index contributed by atoms with van der Waals surface area (Å²) in [7, 11) is 0. The van der Waals surface area contributed by atoms with Gasteiger partial charge in [0.05, 0.1) is 10.6 Å². The van der Waals surface area contributed by atoms with E-state index in [0.29, 0.717) is 10.1 Å². The molecule has 1 aromatic carbocycles. The van der Waals surface area contributed by atoms with Crippen LogP contribution in [0.3, 0.4) is 0 Å². The van der Waals surface area contributed by atoms with Gasteiger partial charge in [-0.2, -0.15) is 0 Å². The highest BCUT2D eigenvalue weighted by Crippen LogP contribution is 2.30. The molecule has 1 amide bonds. The summed E-state index contributed by atoms with van der Waals surface area (Å²) in [6, 6.07) is 10.1. The lowest BCUT2D eigenvalue weighted by Gasteiger charge is -2.02. The Balaban J connectivity index is 1.87. The van der Waals surface area contributed by atoms with Crippen molar-refractivity contribution in [2.75, 3.05) is 0 Å². The molecule has 1 aromatic heterocycles. The molecule has 0 aliphatic carbocycles. The molecule has 1 aliphatic heterocycles. The zero-order valence-electron chi connectivity index (χ0n) is 11.7. The Bertz CT molecular complexity index is 746. The minimum atomic E-state index is -0.0857. The number of carbonyl (C=O) groups excluding carboxylic acids is 1. The van der Waals surface area contributed by atoms with E-state index in [4.69, 9.17) is 0 Å². The van der Waals surface area contributed by atoms with Crippen molar-refractivity contribution >= 4 is 45.9 Å². The van der Waals surface area contributed by atoms with E-state index in [1.807, 2.05) is 49.6 Å². The predicted octanol–water partition coefficient (Wildman–Crippen LogP) is 4.26. The summed E-state index contributed by atoms with van der Waals surface area (Å²) in [5.74, 6) is -0.0857. The van der Waals surface area contributed by atoms with Crippen LogP contribution in [0.2, 0.25) is 0 Å². The molecule has 5 heteroatoms. The van der Waals surface area contributed by atoms with Gasteiger partial charge in [-0.1, -0.05) is 18.2 Å². The second-order valence-corrected chi connectivity index (χ2v) is 6.80. The molecule has 2 heterocycles. The maximum absolute atomic E-state index is 12.0. The summed E-state index contributed by atoms with van der Waals surface area (Å²) in [6.07, 6.45) is 1.90. The van der Waals surface area contributed by atoms with E-state index in [-0.39, 0.29) is 5.91 Å². The van der Waals surface area contributed by atoms with Gasteiger partial charge in [-0.3, -0.25) is 4.79 Å². The number of rotatable bonds is 2. The van der Waals surface area contributed by atoms with Crippen molar-refractivity contribution in [2.24, 2.45) is 4.99 Å². The average Bonchev–Trinajstić information content (AvgIpc) is 3.06. The normalized spacial score (nSPS) is 18.5. The molecule has 0 bridgehead atoms. The van der Waals surface area contributed by atoms with Crippen LogP contribution in [0, 0.1) is 13.8 Å². The largest absolute Gasteiger partial charge is 0.300 e. The number of aryl methyl sites for hydroxylation is 2. The summed E-state index contributed by atoms with van der Waals surface area (Å²) in [5.41, 5.74) is 3.15. The number of amidine groups is 1. The number of carbonyl (C=O) groups is 1. The number of nitrogens with zero attached hydrogens (tertiary/aromatic N) is 1. The summed E-state index contributed by atoms with van der Waals surface area (Å²) >= 11 is 3.00. The van der Waals surface area contributed by atoms with Crippen LogP contribution in [0.4, 0.5) is 5.69 Å². The van der Waals surface area contributed by atoms with Gasteiger partial charge in [0, 0.05) is 4.88 Å².